The van der Waals surface area contributed by atoms with E-state index < -0.39 is 0 Å². The predicted octanol–water partition coefficient (Wildman–Crippen LogP) is 0.476. The van der Waals surface area contributed by atoms with E-state index in [1.54, 1.807) is 11.8 Å². The summed E-state index contributed by atoms with van der Waals surface area (Å²) in [6.45, 7) is 3.86. The lowest BCUT2D eigenvalue weighted by atomic mass is 10.00. The highest BCUT2D eigenvalue weighted by molar-refractivity contribution is 8.00. The molecule has 2 unspecified atom stereocenters. The number of nitrogens with one attached hydrogen (secondary N) is 1. The molecule has 0 spiro atoms. The van der Waals surface area contributed by atoms with Gasteiger partial charge < -0.3 is 10.2 Å². The lowest BCUT2D eigenvalue weighted by Crippen LogP contribution is -2.54. The molecule has 90 valence electrons. The van der Waals surface area contributed by atoms with Crippen molar-refractivity contribution in [2.45, 2.75) is 25.8 Å². The van der Waals surface area contributed by atoms with E-state index in [1.165, 1.54) is 6.42 Å². The van der Waals surface area contributed by atoms with Gasteiger partial charge in [0.05, 0.1) is 5.75 Å². The van der Waals surface area contributed by atoms with Crippen LogP contribution in [0, 0.1) is 5.92 Å². The minimum atomic E-state index is -0.295. The zero-order valence-electron chi connectivity index (χ0n) is 9.57. The molecule has 0 aromatic carbocycles. The molecule has 0 aromatic rings. The molecule has 2 atom stereocenters. The summed E-state index contributed by atoms with van der Waals surface area (Å²) in [5.74, 6) is 1.88. The van der Waals surface area contributed by atoms with E-state index in [-0.39, 0.29) is 17.9 Å². The average molecular weight is 242 g/mol. The Hall–Kier alpha value is -0.710. The van der Waals surface area contributed by atoms with E-state index in [9.17, 15) is 9.59 Å². The molecule has 0 bridgehead atoms. The zero-order valence-corrected chi connectivity index (χ0v) is 10.4. The third-order valence-corrected chi connectivity index (χ3v) is 4.16. The Morgan fingerprint density at radius 2 is 2.38 bits per heavy atom. The second-order valence-corrected chi connectivity index (χ2v) is 5.70. The molecular weight excluding hydrogens is 224 g/mol. The maximum Gasteiger partial charge on any atom is 0.246 e. The van der Waals surface area contributed by atoms with Crippen LogP contribution in [0.15, 0.2) is 0 Å². The van der Waals surface area contributed by atoms with Crippen LogP contribution in [0.25, 0.3) is 0 Å². The van der Waals surface area contributed by atoms with Crippen molar-refractivity contribution in [2.75, 3.05) is 24.6 Å². The minimum absolute atomic E-state index is 0.0142. The van der Waals surface area contributed by atoms with Crippen LogP contribution >= 0.6 is 11.8 Å². The number of nitrogens with zero attached hydrogens (tertiary/aromatic N) is 1. The normalized spacial score (nSPS) is 31.1. The van der Waals surface area contributed by atoms with Gasteiger partial charge in [0.1, 0.15) is 6.04 Å². The fraction of sp³-hybridized carbons (Fsp3) is 0.818. The lowest BCUT2D eigenvalue weighted by molar-refractivity contribution is -0.137. The topological polar surface area (TPSA) is 49.4 Å². The fourth-order valence-corrected chi connectivity index (χ4v) is 3.14. The Morgan fingerprint density at radius 3 is 3.06 bits per heavy atom. The molecule has 1 N–H and O–H groups in total. The van der Waals surface area contributed by atoms with Crippen LogP contribution in [-0.2, 0) is 9.59 Å². The van der Waals surface area contributed by atoms with Crippen molar-refractivity contribution in [3.8, 4) is 0 Å². The number of carbonyl (C=O) groups is 2. The molecule has 0 aromatic heterocycles. The summed E-state index contributed by atoms with van der Waals surface area (Å²) < 4.78 is 0. The minimum Gasteiger partial charge on any atom is -0.343 e. The Bertz CT molecular complexity index is 296. The molecule has 4 nitrogen and oxygen atoms in total. The summed E-state index contributed by atoms with van der Waals surface area (Å²) in [6.07, 6.45) is 2.29. The Morgan fingerprint density at radius 1 is 1.56 bits per heavy atom. The van der Waals surface area contributed by atoms with Gasteiger partial charge >= 0.3 is 0 Å². The molecule has 2 amide bonds. The van der Waals surface area contributed by atoms with E-state index in [1.807, 2.05) is 4.90 Å². The molecule has 16 heavy (non-hydrogen) atoms. The first-order valence-corrected chi connectivity index (χ1v) is 6.98. The van der Waals surface area contributed by atoms with Crippen molar-refractivity contribution in [1.29, 1.82) is 0 Å². The average Bonchev–Trinajstić information content (AvgIpc) is 2.28. The number of amides is 2. The van der Waals surface area contributed by atoms with Crippen LogP contribution in [0.4, 0.5) is 0 Å². The van der Waals surface area contributed by atoms with Crippen molar-refractivity contribution >= 4 is 23.6 Å². The van der Waals surface area contributed by atoms with Crippen molar-refractivity contribution in [2.24, 2.45) is 5.92 Å². The Kier molecular flexibility index (Phi) is 3.74. The van der Waals surface area contributed by atoms with Gasteiger partial charge in [0.15, 0.2) is 0 Å². The van der Waals surface area contributed by atoms with Gasteiger partial charge in [-0.3, -0.25) is 9.59 Å². The van der Waals surface area contributed by atoms with Crippen molar-refractivity contribution < 1.29 is 9.59 Å². The number of likely N-dealkylation sites (tertiary alicyclic amines) is 1. The monoisotopic (exact) mass is 242 g/mol. The van der Waals surface area contributed by atoms with Crippen LogP contribution in [0.2, 0.25) is 0 Å². The standard InChI is InChI=1S/C11H18N2O2S/c1-8-3-2-4-13(5-8)11(15)9-6-16-7-10(14)12-9/h8-9H,2-7H2,1H3,(H,12,14). The molecule has 2 heterocycles. The second-order valence-electron chi connectivity index (χ2n) is 4.67. The summed E-state index contributed by atoms with van der Waals surface area (Å²) in [7, 11) is 0. The zero-order chi connectivity index (χ0) is 11.5. The first-order valence-electron chi connectivity index (χ1n) is 5.82. The van der Waals surface area contributed by atoms with Crippen LogP contribution in [-0.4, -0.2) is 47.4 Å². The molecule has 2 saturated heterocycles. The van der Waals surface area contributed by atoms with Gasteiger partial charge in [-0.1, -0.05) is 6.92 Å². The van der Waals surface area contributed by atoms with Gasteiger partial charge in [-0.2, -0.15) is 0 Å². The molecule has 0 radical (unpaired) electrons. The molecule has 2 rings (SSSR count). The quantitative estimate of drug-likeness (QED) is 0.727. The van der Waals surface area contributed by atoms with Crippen LogP contribution < -0.4 is 5.32 Å². The maximum absolute atomic E-state index is 12.1. The van der Waals surface area contributed by atoms with Crippen LogP contribution in [0.3, 0.4) is 0 Å². The van der Waals surface area contributed by atoms with E-state index in [2.05, 4.69) is 12.2 Å². The fourth-order valence-electron chi connectivity index (χ4n) is 2.29. The van der Waals surface area contributed by atoms with E-state index >= 15 is 0 Å². The molecule has 2 fully saturated rings. The highest BCUT2D eigenvalue weighted by Gasteiger charge is 2.30. The van der Waals surface area contributed by atoms with Gasteiger partial charge in [0, 0.05) is 18.8 Å². The third kappa shape index (κ3) is 2.70. The van der Waals surface area contributed by atoms with Gasteiger partial charge in [-0.25, -0.2) is 0 Å². The summed E-state index contributed by atoms with van der Waals surface area (Å²) in [5, 5.41) is 2.78. The van der Waals surface area contributed by atoms with Gasteiger partial charge in [-0.05, 0) is 18.8 Å². The highest BCUT2D eigenvalue weighted by Crippen LogP contribution is 2.18. The summed E-state index contributed by atoms with van der Waals surface area (Å²) >= 11 is 1.54. The molecule has 5 heteroatoms. The highest BCUT2D eigenvalue weighted by atomic mass is 32.2. The maximum atomic E-state index is 12.1. The second kappa shape index (κ2) is 5.08. The summed E-state index contributed by atoms with van der Waals surface area (Å²) in [6, 6.07) is -0.295. The number of rotatable bonds is 1. The summed E-state index contributed by atoms with van der Waals surface area (Å²) in [4.78, 5) is 25.3. The number of carbonyl (C=O) groups excluding carboxylic acids is 2. The molecule has 2 aliphatic rings. The lowest BCUT2D eigenvalue weighted by Gasteiger charge is -2.34. The number of hydrogen-bond donors (Lipinski definition) is 1. The van der Waals surface area contributed by atoms with Gasteiger partial charge in [-0.15, -0.1) is 11.8 Å². The number of thioether (sulfide) groups is 1. The first kappa shape index (κ1) is 11.8. The van der Waals surface area contributed by atoms with E-state index in [4.69, 9.17) is 0 Å². The molecule has 0 aliphatic carbocycles. The Balaban J connectivity index is 1.92. The van der Waals surface area contributed by atoms with E-state index in [0.29, 0.717) is 11.7 Å². The molecule has 0 saturated carbocycles. The SMILES string of the molecule is CC1CCCN(C(=O)C2CSCC(=O)N2)C1. The van der Waals surface area contributed by atoms with Crippen molar-refractivity contribution in [3.05, 3.63) is 0 Å². The van der Waals surface area contributed by atoms with E-state index in [0.717, 1.165) is 25.3 Å². The Labute approximate surface area is 100 Å². The van der Waals surface area contributed by atoms with Crippen LogP contribution in [0.1, 0.15) is 19.8 Å². The number of piperidine rings is 1. The van der Waals surface area contributed by atoms with Gasteiger partial charge in [0.25, 0.3) is 0 Å². The molecule has 2 aliphatic heterocycles. The van der Waals surface area contributed by atoms with Gasteiger partial charge in [0.2, 0.25) is 11.8 Å². The smallest absolute Gasteiger partial charge is 0.246 e. The number of hydrogen-bond acceptors (Lipinski definition) is 3. The third-order valence-electron chi connectivity index (χ3n) is 3.12. The predicted molar refractivity (Wildman–Crippen MR) is 64.2 cm³/mol. The van der Waals surface area contributed by atoms with Crippen LogP contribution in [0.5, 0.6) is 0 Å². The van der Waals surface area contributed by atoms with Crippen molar-refractivity contribution in [3.63, 3.8) is 0 Å². The van der Waals surface area contributed by atoms with Crippen molar-refractivity contribution in [1.82, 2.24) is 10.2 Å². The summed E-state index contributed by atoms with van der Waals surface area (Å²) in [5.41, 5.74) is 0. The molecular formula is C11H18N2O2S. The largest absolute Gasteiger partial charge is 0.343 e. The first-order chi connectivity index (χ1) is 7.66.